The summed E-state index contributed by atoms with van der Waals surface area (Å²) in [6.07, 6.45) is 4.06. The van der Waals surface area contributed by atoms with E-state index < -0.39 is 0 Å². The maximum atomic E-state index is 12.8. The molecule has 0 radical (unpaired) electrons. The minimum Gasteiger partial charge on any atom is -0.383 e. The van der Waals surface area contributed by atoms with Crippen molar-refractivity contribution in [2.45, 2.75) is 12.3 Å². The molecule has 3 heterocycles. The number of hydrogen-bond acceptors (Lipinski definition) is 5. The third-order valence-electron chi connectivity index (χ3n) is 5.39. The Kier molecular flexibility index (Phi) is 5.99. The lowest BCUT2D eigenvalue weighted by molar-refractivity contribution is 0.0790. The smallest absolute Gasteiger partial charge is 0.253 e. The lowest BCUT2D eigenvalue weighted by Gasteiger charge is -2.17. The van der Waals surface area contributed by atoms with Crippen molar-refractivity contribution >= 4 is 22.7 Å². The average molecular weight is 404 g/mol. The van der Waals surface area contributed by atoms with E-state index in [2.05, 4.69) is 10.3 Å². The molecule has 30 heavy (non-hydrogen) atoms. The Bertz CT molecular complexity index is 1050. The molecule has 0 bridgehead atoms. The number of para-hydroxylation sites is 1. The van der Waals surface area contributed by atoms with Gasteiger partial charge in [-0.25, -0.2) is 0 Å². The van der Waals surface area contributed by atoms with E-state index in [9.17, 15) is 9.59 Å². The molecule has 1 fully saturated rings. The largest absolute Gasteiger partial charge is 0.383 e. The first-order valence-corrected chi connectivity index (χ1v) is 10.0. The Morgan fingerprint density at radius 3 is 2.80 bits per heavy atom. The molecule has 7 heteroatoms. The number of fused-ring (bicyclic) bond motifs is 1. The van der Waals surface area contributed by atoms with Crippen LogP contribution in [0.3, 0.4) is 0 Å². The molecule has 154 valence electrons. The van der Waals surface area contributed by atoms with Gasteiger partial charge in [-0.3, -0.25) is 19.6 Å². The second-order valence-corrected chi connectivity index (χ2v) is 7.33. The summed E-state index contributed by atoms with van der Waals surface area (Å²) < 4.78 is 5.02. The highest BCUT2D eigenvalue weighted by Gasteiger charge is 2.29. The van der Waals surface area contributed by atoms with Gasteiger partial charge >= 0.3 is 0 Å². The zero-order valence-corrected chi connectivity index (χ0v) is 16.9. The number of amides is 2. The number of carbonyl (C=O) groups is 2. The highest BCUT2D eigenvalue weighted by Crippen LogP contribution is 2.30. The normalized spacial score (nSPS) is 16.0. The number of nitrogens with zero attached hydrogens (tertiary/aromatic N) is 3. The van der Waals surface area contributed by atoms with Gasteiger partial charge < -0.3 is 15.0 Å². The fraction of sp³-hybridized carbons (Fsp3) is 0.304. The SMILES string of the molecule is COCCNC(=O)c1cc(C2CCN(C(=O)c3ccncc3)C2)nc2ccccc12. The lowest BCUT2D eigenvalue weighted by Crippen LogP contribution is -2.29. The van der Waals surface area contributed by atoms with E-state index in [1.807, 2.05) is 35.2 Å². The minimum absolute atomic E-state index is 0.00165. The van der Waals surface area contributed by atoms with Gasteiger partial charge in [0.25, 0.3) is 11.8 Å². The predicted molar refractivity (Wildman–Crippen MR) is 113 cm³/mol. The molecule has 1 saturated heterocycles. The van der Waals surface area contributed by atoms with E-state index in [1.165, 1.54) is 0 Å². The van der Waals surface area contributed by atoms with Crippen LogP contribution in [0.25, 0.3) is 10.9 Å². The molecule has 1 aliphatic heterocycles. The zero-order chi connectivity index (χ0) is 20.9. The molecular weight excluding hydrogens is 380 g/mol. The van der Waals surface area contributed by atoms with Crippen molar-refractivity contribution in [2.75, 3.05) is 33.4 Å². The van der Waals surface area contributed by atoms with Gasteiger partial charge in [-0.05, 0) is 30.7 Å². The maximum absolute atomic E-state index is 12.8. The monoisotopic (exact) mass is 404 g/mol. The van der Waals surface area contributed by atoms with E-state index in [0.29, 0.717) is 37.4 Å². The third kappa shape index (κ3) is 4.16. The van der Waals surface area contributed by atoms with Gasteiger partial charge in [-0.1, -0.05) is 18.2 Å². The van der Waals surface area contributed by atoms with Crippen LogP contribution < -0.4 is 5.32 Å². The molecule has 2 amide bonds. The third-order valence-corrected chi connectivity index (χ3v) is 5.39. The van der Waals surface area contributed by atoms with E-state index in [-0.39, 0.29) is 17.7 Å². The first-order chi connectivity index (χ1) is 14.7. The number of methoxy groups -OCH3 is 1. The average Bonchev–Trinajstić information content (AvgIpc) is 3.29. The number of nitrogens with one attached hydrogen (secondary N) is 1. The fourth-order valence-corrected chi connectivity index (χ4v) is 3.82. The van der Waals surface area contributed by atoms with E-state index >= 15 is 0 Å². The van der Waals surface area contributed by atoms with Crippen molar-refractivity contribution < 1.29 is 14.3 Å². The van der Waals surface area contributed by atoms with Gasteiger partial charge in [-0.15, -0.1) is 0 Å². The molecule has 2 aromatic heterocycles. The number of hydrogen-bond donors (Lipinski definition) is 1. The van der Waals surface area contributed by atoms with E-state index in [1.54, 1.807) is 31.6 Å². The van der Waals surface area contributed by atoms with Gasteiger partial charge in [0.05, 0.1) is 17.7 Å². The summed E-state index contributed by atoms with van der Waals surface area (Å²) in [6.45, 7) is 2.14. The van der Waals surface area contributed by atoms with Crippen LogP contribution in [0.15, 0.2) is 54.9 Å². The number of benzene rings is 1. The fourth-order valence-electron chi connectivity index (χ4n) is 3.82. The molecular formula is C23H24N4O3. The van der Waals surface area contributed by atoms with Crippen LogP contribution in [0.4, 0.5) is 0 Å². The molecule has 1 aromatic carbocycles. The van der Waals surface area contributed by atoms with Gasteiger partial charge in [-0.2, -0.15) is 0 Å². The second kappa shape index (κ2) is 9.00. The van der Waals surface area contributed by atoms with Crippen LogP contribution in [0.2, 0.25) is 0 Å². The van der Waals surface area contributed by atoms with Crippen LogP contribution in [-0.4, -0.2) is 60.0 Å². The molecule has 0 aliphatic carbocycles. The Balaban J connectivity index is 1.58. The molecule has 7 nitrogen and oxygen atoms in total. The highest BCUT2D eigenvalue weighted by molar-refractivity contribution is 6.06. The molecule has 0 spiro atoms. The summed E-state index contributed by atoms with van der Waals surface area (Å²) in [5, 5.41) is 3.71. The Hall–Kier alpha value is -3.32. The molecule has 1 N–H and O–H groups in total. The zero-order valence-electron chi connectivity index (χ0n) is 16.9. The number of ether oxygens (including phenoxy) is 1. The lowest BCUT2D eigenvalue weighted by atomic mass is 9.99. The molecule has 4 rings (SSSR count). The van der Waals surface area contributed by atoms with E-state index in [0.717, 1.165) is 23.0 Å². The second-order valence-electron chi connectivity index (χ2n) is 7.33. The van der Waals surface area contributed by atoms with Crippen LogP contribution >= 0.6 is 0 Å². The van der Waals surface area contributed by atoms with Crippen molar-refractivity contribution in [1.29, 1.82) is 0 Å². The van der Waals surface area contributed by atoms with Crippen molar-refractivity contribution in [3.05, 3.63) is 71.7 Å². The first kappa shape index (κ1) is 20.0. The summed E-state index contributed by atoms with van der Waals surface area (Å²) in [7, 11) is 1.60. The van der Waals surface area contributed by atoms with Crippen molar-refractivity contribution in [3.63, 3.8) is 0 Å². The van der Waals surface area contributed by atoms with Crippen molar-refractivity contribution in [2.24, 2.45) is 0 Å². The standard InChI is InChI=1S/C23H24N4O3/c1-30-13-11-25-22(28)19-14-21(26-20-5-3-2-4-18(19)20)17-8-12-27(15-17)23(29)16-6-9-24-10-7-16/h2-7,9-10,14,17H,8,11-13,15H2,1H3,(H,25,28). The summed E-state index contributed by atoms with van der Waals surface area (Å²) in [6, 6.07) is 13.0. The number of likely N-dealkylation sites (tertiary alicyclic amines) is 1. The minimum atomic E-state index is -0.144. The molecule has 1 unspecified atom stereocenters. The van der Waals surface area contributed by atoms with Gasteiger partial charge in [0.2, 0.25) is 0 Å². The predicted octanol–water partition coefficient (Wildman–Crippen LogP) is 2.64. The van der Waals surface area contributed by atoms with Crippen molar-refractivity contribution in [3.8, 4) is 0 Å². The van der Waals surface area contributed by atoms with Crippen LogP contribution in [0.1, 0.15) is 38.7 Å². The number of pyridine rings is 2. The van der Waals surface area contributed by atoms with Crippen LogP contribution in [-0.2, 0) is 4.74 Å². The maximum Gasteiger partial charge on any atom is 0.253 e. The highest BCUT2D eigenvalue weighted by atomic mass is 16.5. The van der Waals surface area contributed by atoms with Gasteiger partial charge in [0.1, 0.15) is 0 Å². The molecule has 1 aliphatic rings. The number of aromatic nitrogens is 2. The molecule has 0 saturated carbocycles. The summed E-state index contributed by atoms with van der Waals surface area (Å²) in [5.74, 6) is -0.0567. The number of rotatable bonds is 6. The summed E-state index contributed by atoms with van der Waals surface area (Å²) in [4.78, 5) is 36.2. The Morgan fingerprint density at radius 2 is 2.00 bits per heavy atom. The van der Waals surface area contributed by atoms with Gasteiger partial charge in [0, 0.05) is 61.7 Å². The summed E-state index contributed by atoms with van der Waals surface area (Å²) in [5.41, 5.74) is 2.86. The van der Waals surface area contributed by atoms with Crippen LogP contribution in [0, 0.1) is 0 Å². The van der Waals surface area contributed by atoms with Crippen molar-refractivity contribution in [1.82, 2.24) is 20.2 Å². The molecule has 1 atom stereocenters. The molecule has 3 aromatic rings. The topological polar surface area (TPSA) is 84.4 Å². The Labute approximate surface area is 175 Å². The van der Waals surface area contributed by atoms with Gasteiger partial charge in [0.15, 0.2) is 0 Å². The van der Waals surface area contributed by atoms with Crippen LogP contribution in [0.5, 0.6) is 0 Å². The Morgan fingerprint density at radius 1 is 1.20 bits per heavy atom. The first-order valence-electron chi connectivity index (χ1n) is 10.0. The summed E-state index contributed by atoms with van der Waals surface area (Å²) >= 11 is 0. The van der Waals surface area contributed by atoms with E-state index in [4.69, 9.17) is 9.72 Å². The quantitative estimate of drug-likeness (QED) is 0.639. The number of carbonyl (C=O) groups excluding carboxylic acids is 2.